The van der Waals surface area contributed by atoms with Gasteiger partial charge in [-0.3, -0.25) is 13.9 Å². The highest BCUT2D eigenvalue weighted by Crippen LogP contribution is 2.08. The van der Waals surface area contributed by atoms with Gasteiger partial charge in [0.2, 0.25) is 0 Å². The number of aromatic nitrogens is 4. The van der Waals surface area contributed by atoms with Gasteiger partial charge in [-0.2, -0.15) is 0 Å². The molecule has 0 radical (unpaired) electrons. The summed E-state index contributed by atoms with van der Waals surface area (Å²) >= 11 is 0. The summed E-state index contributed by atoms with van der Waals surface area (Å²) in [7, 11) is 3.00. The van der Waals surface area contributed by atoms with Crippen molar-refractivity contribution in [3.8, 4) is 0 Å². The van der Waals surface area contributed by atoms with Crippen molar-refractivity contribution in [2.45, 2.75) is 19.8 Å². The van der Waals surface area contributed by atoms with E-state index in [9.17, 15) is 9.59 Å². The Balaban J connectivity index is 2.97. The normalized spacial score (nSPS) is 11.2. The van der Waals surface area contributed by atoms with Gasteiger partial charge in [-0.05, 0) is 6.42 Å². The average molecular weight is 237 g/mol. The number of aryl methyl sites for hydroxylation is 2. The molecule has 0 aliphatic rings. The molecule has 2 heterocycles. The molecule has 7 heteroatoms. The topological polar surface area (TPSA) is 87.8 Å². The standard InChI is InChI=1S/C10H15N5O2/c1-4-5-6-12-8-7(15(6)11)9(16)14(3)10(17)13(8)2/h4-5,11H2,1-3H3. The molecule has 0 amide bonds. The molecule has 0 saturated carbocycles. The fourth-order valence-electron chi connectivity index (χ4n) is 1.86. The van der Waals surface area contributed by atoms with Crippen LogP contribution in [0.25, 0.3) is 11.2 Å². The van der Waals surface area contributed by atoms with E-state index in [2.05, 4.69) is 4.98 Å². The molecule has 0 aliphatic carbocycles. The molecule has 17 heavy (non-hydrogen) atoms. The lowest BCUT2D eigenvalue weighted by Gasteiger charge is -2.03. The Morgan fingerprint density at radius 2 is 1.88 bits per heavy atom. The fourth-order valence-corrected chi connectivity index (χ4v) is 1.86. The molecule has 2 rings (SSSR count). The van der Waals surface area contributed by atoms with E-state index in [1.165, 1.54) is 16.3 Å². The van der Waals surface area contributed by atoms with Crippen molar-refractivity contribution in [1.82, 2.24) is 18.8 Å². The Bertz CT molecular complexity index is 691. The van der Waals surface area contributed by atoms with E-state index in [0.717, 1.165) is 11.0 Å². The molecule has 0 spiro atoms. The highest BCUT2D eigenvalue weighted by molar-refractivity contribution is 5.71. The van der Waals surface area contributed by atoms with Gasteiger partial charge in [0.1, 0.15) is 5.82 Å². The summed E-state index contributed by atoms with van der Waals surface area (Å²) in [6.45, 7) is 2.00. The lowest BCUT2D eigenvalue weighted by atomic mass is 10.3. The van der Waals surface area contributed by atoms with Gasteiger partial charge in [0.05, 0.1) is 0 Å². The second-order valence-corrected chi connectivity index (χ2v) is 4.03. The van der Waals surface area contributed by atoms with Crippen molar-refractivity contribution < 1.29 is 0 Å². The first-order valence-corrected chi connectivity index (χ1v) is 5.41. The van der Waals surface area contributed by atoms with Crippen molar-refractivity contribution in [1.29, 1.82) is 0 Å². The maximum Gasteiger partial charge on any atom is 0.332 e. The lowest BCUT2D eigenvalue weighted by molar-refractivity contribution is 0.707. The van der Waals surface area contributed by atoms with Crippen LogP contribution in [-0.2, 0) is 20.5 Å². The molecule has 7 nitrogen and oxygen atoms in total. The smallest absolute Gasteiger partial charge is 0.332 e. The maximum atomic E-state index is 11.9. The number of fused-ring (bicyclic) bond motifs is 1. The highest BCUT2D eigenvalue weighted by atomic mass is 16.2. The number of imidazole rings is 1. The lowest BCUT2D eigenvalue weighted by Crippen LogP contribution is -2.38. The third-order valence-electron chi connectivity index (χ3n) is 2.84. The third-order valence-corrected chi connectivity index (χ3v) is 2.84. The number of hydrogen-bond acceptors (Lipinski definition) is 4. The summed E-state index contributed by atoms with van der Waals surface area (Å²) in [6, 6.07) is 0. The molecule has 0 aliphatic heterocycles. The van der Waals surface area contributed by atoms with E-state index in [1.807, 2.05) is 6.92 Å². The van der Waals surface area contributed by atoms with Gasteiger partial charge in [0, 0.05) is 20.5 Å². The van der Waals surface area contributed by atoms with E-state index in [0.29, 0.717) is 17.9 Å². The SMILES string of the molecule is CCCc1nc2c(c(=O)n(C)c(=O)n2C)n1N. The van der Waals surface area contributed by atoms with Gasteiger partial charge in [0.15, 0.2) is 11.2 Å². The largest absolute Gasteiger partial charge is 0.337 e. The number of nitrogens with two attached hydrogens (primary N) is 1. The Morgan fingerprint density at radius 1 is 1.24 bits per heavy atom. The average Bonchev–Trinajstić information content (AvgIpc) is 2.62. The minimum Gasteiger partial charge on any atom is -0.337 e. The predicted molar refractivity (Wildman–Crippen MR) is 64.4 cm³/mol. The zero-order valence-electron chi connectivity index (χ0n) is 10.1. The van der Waals surface area contributed by atoms with Crippen LogP contribution in [0.2, 0.25) is 0 Å². The summed E-state index contributed by atoms with van der Waals surface area (Å²) in [5, 5.41) is 0. The van der Waals surface area contributed by atoms with Crippen LogP contribution in [0, 0.1) is 0 Å². The highest BCUT2D eigenvalue weighted by Gasteiger charge is 2.16. The van der Waals surface area contributed by atoms with Crippen molar-refractivity contribution in [2.24, 2.45) is 14.1 Å². The first kappa shape index (κ1) is 11.4. The fraction of sp³-hybridized carbons (Fsp3) is 0.500. The van der Waals surface area contributed by atoms with Crippen molar-refractivity contribution in [3.63, 3.8) is 0 Å². The van der Waals surface area contributed by atoms with Crippen LogP contribution in [0.5, 0.6) is 0 Å². The number of nitrogen functional groups attached to an aromatic ring is 1. The molecule has 0 aromatic carbocycles. The van der Waals surface area contributed by atoms with Crippen molar-refractivity contribution >= 4 is 11.2 Å². The Morgan fingerprint density at radius 3 is 2.47 bits per heavy atom. The quantitative estimate of drug-likeness (QED) is 0.686. The van der Waals surface area contributed by atoms with Crippen LogP contribution in [0.15, 0.2) is 9.59 Å². The van der Waals surface area contributed by atoms with Crippen LogP contribution in [0.4, 0.5) is 0 Å². The van der Waals surface area contributed by atoms with Gasteiger partial charge in [-0.1, -0.05) is 6.92 Å². The summed E-state index contributed by atoms with van der Waals surface area (Å²) < 4.78 is 3.64. The maximum absolute atomic E-state index is 11.9. The first-order valence-electron chi connectivity index (χ1n) is 5.41. The minimum atomic E-state index is -0.416. The summed E-state index contributed by atoms with van der Waals surface area (Å²) in [6.07, 6.45) is 1.54. The van der Waals surface area contributed by atoms with E-state index in [1.54, 1.807) is 7.05 Å². The molecule has 0 unspecified atom stereocenters. The van der Waals surface area contributed by atoms with Crippen LogP contribution in [-0.4, -0.2) is 18.8 Å². The zero-order chi connectivity index (χ0) is 12.7. The summed E-state index contributed by atoms with van der Waals surface area (Å²) in [5.41, 5.74) is -0.216. The Kier molecular flexibility index (Phi) is 2.53. The van der Waals surface area contributed by atoms with Gasteiger partial charge in [-0.25, -0.2) is 14.5 Å². The molecule has 0 atom stereocenters. The molecule has 2 aromatic heterocycles. The molecule has 0 saturated heterocycles. The number of nitrogens with zero attached hydrogens (tertiary/aromatic N) is 4. The van der Waals surface area contributed by atoms with Crippen LogP contribution in [0.3, 0.4) is 0 Å². The van der Waals surface area contributed by atoms with E-state index in [4.69, 9.17) is 5.84 Å². The van der Waals surface area contributed by atoms with Crippen molar-refractivity contribution in [2.75, 3.05) is 5.84 Å². The number of rotatable bonds is 2. The van der Waals surface area contributed by atoms with Crippen LogP contribution in [0.1, 0.15) is 19.2 Å². The Hall–Kier alpha value is -2.05. The predicted octanol–water partition coefficient (Wildman–Crippen LogP) is -0.900. The molecular weight excluding hydrogens is 222 g/mol. The zero-order valence-corrected chi connectivity index (χ0v) is 10.1. The van der Waals surface area contributed by atoms with E-state index in [-0.39, 0.29) is 5.52 Å². The second kappa shape index (κ2) is 3.76. The summed E-state index contributed by atoms with van der Waals surface area (Å²) in [5.74, 6) is 6.45. The van der Waals surface area contributed by atoms with E-state index >= 15 is 0 Å². The molecular formula is C10H15N5O2. The molecule has 0 bridgehead atoms. The van der Waals surface area contributed by atoms with Gasteiger partial charge < -0.3 is 5.84 Å². The van der Waals surface area contributed by atoms with Crippen molar-refractivity contribution in [3.05, 3.63) is 26.7 Å². The third kappa shape index (κ3) is 1.46. The van der Waals surface area contributed by atoms with Crippen LogP contribution >= 0.6 is 0 Å². The van der Waals surface area contributed by atoms with Crippen LogP contribution < -0.4 is 17.1 Å². The van der Waals surface area contributed by atoms with Gasteiger partial charge in [0.25, 0.3) is 5.56 Å². The molecule has 2 N–H and O–H groups in total. The second-order valence-electron chi connectivity index (χ2n) is 4.03. The first-order chi connectivity index (χ1) is 7.99. The molecule has 2 aromatic rings. The number of hydrogen-bond donors (Lipinski definition) is 1. The van der Waals surface area contributed by atoms with E-state index < -0.39 is 11.2 Å². The van der Waals surface area contributed by atoms with Gasteiger partial charge >= 0.3 is 5.69 Å². The van der Waals surface area contributed by atoms with Gasteiger partial charge in [-0.15, -0.1) is 0 Å². The minimum absolute atomic E-state index is 0.262. The summed E-state index contributed by atoms with van der Waals surface area (Å²) in [4.78, 5) is 27.9. The Labute approximate surface area is 97.1 Å². The molecule has 92 valence electrons. The molecule has 0 fully saturated rings. The monoisotopic (exact) mass is 237 g/mol.